The third-order valence-corrected chi connectivity index (χ3v) is 7.54. The molecule has 1 aliphatic rings. The molecule has 0 fully saturated rings. The van der Waals surface area contributed by atoms with Gasteiger partial charge in [-0.25, -0.2) is 4.98 Å². The molecule has 2 heterocycles. The van der Waals surface area contributed by atoms with Crippen LogP contribution in [0.25, 0.3) is 10.2 Å². The first-order valence-corrected chi connectivity index (χ1v) is 12.7. The Balaban J connectivity index is 1.52. The van der Waals surface area contributed by atoms with Crippen LogP contribution in [0.5, 0.6) is 0 Å². The van der Waals surface area contributed by atoms with E-state index in [0.717, 1.165) is 48.0 Å². The van der Waals surface area contributed by atoms with Gasteiger partial charge in [0.1, 0.15) is 10.7 Å². The van der Waals surface area contributed by atoms with E-state index in [1.807, 2.05) is 30.3 Å². The van der Waals surface area contributed by atoms with Crippen LogP contribution in [0.2, 0.25) is 0 Å². The highest BCUT2D eigenvalue weighted by molar-refractivity contribution is 7.18. The standard InChI is InChI=1S/C26H35N3O2S/c1-17(2)11-12-29(15-20(30)14-19-7-5-4-6-8-19)16-23-27-25(31)24-21-10-9-18(3)13-22(21)32-26(24)28-23/h4-8,17-18,20,30H,9-16H2,1-3H3,(H,27,28,31)/t18-,20-/m1/s1. The summed E-state index contributed by atoms with van der Waals surface area (Å²) < 4.78 is 0. The largest absolute Gasteiger partial charge is 0.391 e. The summed E-state index contributed by atoms with van der Waals surface area (Å²) in [6.45, 7) is 8.67. The normalized spacial score (nSPS) is 17.2. The number of nitrogens with zero attached hydrogens (tertiary/aromatic N) is 2. The van der Waals surface area contributed by atoms with Gasteiger partial charge in [-0.3, -0.25) is 9.69 Å². The molecule has 0 saturated heterocycles. The van der Waals surface area contributed by atoms with E-state index in [-0.39, 0.29) is 5.56 Å². The second-order valence-corrected chi connectivity index (χ2v) is 10.9. The number of fused-ring (bicyclic) bond motifs is 3. The molecule has 2 N–H and O–H groups in total. The van der Waals surface area contributed by atoms with Gasteiger partial charge in [0.2, 0.25) is 0 Å². The quantitative estimate of drug-likeness (QED) is 0.498. The van der Waals surface area contributed by atoms with E-state index in [2.05, 4.69) is 30.7 Å². The maximum atomic E-state index is 13.0. The number of hydrogen-bond donors (Lipinski definition) is 2. The van der Waals surface area contributed by atoms with Gasteiger partial charge < -0.3 is 10.1 Å². The number of aliphatic hydroxyl groups is 1. The van der Waals surface area contributed by atoms with Crippen LogP contribution in [0, 0.1) is 11.8 Å². The molecule has 0 unspecified atom stereocenters. The lowest BCUT2D eigenvalue weighted by Crippen LogP contribution is -2.35. The van der Waals surface area contributed by atoms with Crippen LogP contribution in [0.3, 0.4) is 0 Å². The summed E-state index contributed by atoms with van der Waals surface area (Å²) in [7, 11) is 0. The number of hydrogen-bond acceptors (Lipinski definition) is 5. The van der Waals surface area contributed by atoms with E-state index in [0.29, 0.717) is 37.2 Å². The Bertz CT molecular complexity index is 1090. The number of aliphatic hydroxyl groups excluding tert-OH is 1. The van der Waals surface area contributed by atoms with Crippen LogP contribution >= 0.6 is 11.3 Å². The van der Waals surface area contributed by atoms with Gasteiger partial charge >= 0.3 is 0 Å². The number of aromatic amines is 1. The predicted molar refractivity (Wildman–Crippen MR) is 132 cm³/mol. The molecule has 6 heteroatoms. The predicted octanol–water partition coefficient (Wildman–Crippen LogP) is 4.56. The minimum Gasteiger partial charge on any atom is -0.391 e. The molecule has 0 amide bonds. The Labute approximate surface area is 194 Å². The number of rotatable bonds is 9. The average Bonchev–Trinajstić information content (AvgIpc) is 3.10. The monoisotopic (exact) mass is 453 g/mol. The molecule has 2 atom stereocenters. The summed E-state index contributed by atoms with van der Waals surface area (Å²) >= 11 is 1.69. The van der Waals surface area contributed by atoms with Crippen LogP contribution in [0.1, 0.15) is 55.4 Å². The maximum absolute atomic E-state index is 13.0. The first-order chi connectivity index (χ1) is 15.4. The fraction of sp³-hybridized carbons (Fsp3) is 0.538. The maximum Gasteiger partial charge on any atom is 0.259 e. The van der Waals surface area contributed by atoms with Crippen molar-refractivity contribution in [3.8, 4) is 0 Å². The highest BCUT2D eigenvalue weighted by Crippen LogP contribution is 2.35. The minimum absolute atomic E-state index is 0.00861. The molecule has 3 aromatic rings. The van der Waals surface area contributed by atoms with Gasteiger partial charge in [-0.15, -0.1) is 11.3 Å². The molecule has 5 nitrogen and oxygen atoms in total. The lowest BCUT2D eigenvalue weighted by molar-refractivity contribution is 0.104. The molecule has 4 rings (SSSR count). The molecule has 0 spiro atoms. The van der Waals surface area contributed by atoms with Crippen LogP contribution < -0.4 is 5.56 Å². The van der Waals surface area contributed by atoms with Gasteiger partial charge in [0.05, 0.1) is 18.0 Å². The van der Waals surface area contributed by atoms with Gasteiger partial charge in [0.25, 0.3) is 5.56 Å². The average molecular weight is 454 g/mol. The minimum atomic E-state index is -0.462. The van der Waals surface area contributed by atoms with E-state index in [4.69, 9.17) is 4.98 Å². The zero-order chi connectivity index (χ0) is 22.7. The zero-order valence-electron chi connectivity index (χ0n) is 19.4. The molecule has 1 aromatic carbocycles. The summed E-state index contributed by atoms with van der Waals surface area (Å²) in [6.07, 6.45) is 4.37. The summed E-state index contributed by atoms with van der Waals surface area (Å²) in [5.41, 5.74) is 2.35. The third-order valence-electron chi connectivity index (χ3n) is 6.39. The summed E-state index contributed by atoms with van der Waals surface area (Å²) in [4.78, 5) is 25.3. The van der Waals surface area contributed by atoms with E-state index in [1.165, 1.54) is 10.4 Å². The van der Waals surface area contributed by atoms with Gasteiger partial charge in [-0.05, 0) is 61.6 Å². The molecule has 0 bridgehead atoms. The highest BCUT2D eigenvalue weighted by atomic mass is 32.1. The van der Waals surface area contributed by atoms with Crippen molar-refractivity contribution in [3.05, 3.63) is 62.5 Å². The Morgan fingerprint density at radius 2 is 2.06 bits per heavy atom. The third kappa shape index (κ3) is 5.66. The van der Waals surface area contributed by atoms with E-state index < -0.39 is 6.10 Å². The molecule has 0 radical (unpaired) electrons. The van der Waals surface area contributed by atoms with Crippen LogP contribution in [-0.2, 0) is 25.8 Å². The van der Waals surface area contributed by atoms with Gasteiger partial charge in [-0.2, -0.15) is 0 Å². The highest BCUT2D eigenvalue weighted by Gasteiger charge is 2.23. The summed E-state index contributed by atoms with van der Waals surface area (Å²) in [5.74, 6) is 1.95. The van der Waals surface area contributed by atoms with E-state index >= 15 is 0 Å². The van der Waals surface area contributed by atoms with Crippen molar-refractivity contribution < 1.29 is 5.11 Å². The van der Waals surface area contributed by atoms with Crippen molar-refractivity contribution in [2.45, 2.75) is 65.5 Å². The summed E-state index contributed by atoms with van der Waals surface area (Å²) in [6, 6.07) is 10.1. The fourth-order valence-corrected chi connectivity index (χ4v) is 6.01. The second kappa shape index (κ2) is 10.3. The molecule has 2 aromatic heterocycles. The topological polar surface area (TPSA) is 69.2 Å². The van der Waals surface area contributed by atoms with Crippen molar-refractivity contribution in [2.75, 3.05) is 13.1 Å². The van der Waals surface area contributed by atoms with Crippen LogP contribution in [0.4, 0.5) is 0 Å². The fourth-order valence-electron chi connectivity index (χ4n) is 4.60. The molecule has 32 heavy (non-hydrogen) atoms. The second-order valence-electron chi connectivity index (χ2n) is 9.81. The lowest BCUT2D eigenvalue weighted by Gasteiger charge is -2.25. The summed E-state index contributed by atoms with van der Waals surface area (Å²) in [5, 5.41) is 11.6. The van der Waals surface area contributed by atoms with E-state index in [1.54, 1.807) is 11.3 Å². The first kappa shape index (κ1) is 23.1. The van der Waals surface area contributed by atoms with Crippen molar-refractivity contribution in [1.29, 1.82) is 0 Å². The molecule has 0 saturated carbocycles. The van der Waals surface area contributed by atoms with E-state index in [9.17, 15) is 9.90 Å². The van der Waals surface area contributed by atoms with Crippen molar-refractivity contribution in [2.24, 2.45) is 11.8 Å². The number of aromatic nitrogens is 2. The van der Waals surface area contributed by atoms with Gasteiger partial charge in [-0.1, -0.05) is 51.1 Å². The Morgan fingerprint density at radius 1 is 1.28 bits per heavy atom. The lowest BCUT2D eigenvalue weighted by atomic mass is 9.89. The molecule has 172 valence electrons. The first-order valence-electron chi connectivity index (χ1n) is 11.9. The number of H-pyrrole nitrogens is 1. The van der Waals surface area contributed by atoms with Gasteiger partial charge in [0, 0.05) is 11.4 Å². The molecule has 1 aliphatic carbocycles. The van der Waals surface area contributed by atoms with Crippen molar-refractivity contribution in [1.82, 2.24) is 14.9 Å². The smallest absolute Gasteiger partial charge is 0.259 e. The van der Waals surface area contributed by atoms with Crippen LogP contribution in [0.15, 0.2) is 35.1 Å². The van der Waals surface area contributed by atoms with Crippen LogP contribution in [-0.4, -0.2) is 39.2 Å². The van der Waals surface area contributed by atoms with Crippen molar-refractivity contribution in [3.63, 3.8) is 0 Å². The Kier molecular flexibility index (Phi) is 7.44. The number of nitrogens with one attached hydrogen (secondary N) is 1. The van der Waals surface area contributed by atoms with Crippen molar-refractivity contribution >= 4 is 21.6 Å². The zero-order valence-corrected chi connectivity index (χ0v) is 20.3. The molecular formula is C26H35N3O2S. The molecule has 0 aliphatic heterocycles. The number of aryl methyl sites for hydroxylation is 1. The molecular weight excluding hydrogens is 418 g/mol. The van der Waals surface area contributed by atoms with Gasteiger partial charge in [0.15, 0.2) is 0 Å². The SMILES string of the molecule is CC(C)CCN(Cc1nc2sc3c(c2c(=O)[nH]1)CC[C@@H](C)C3)C[C@H](O)Cc1ccccc1. The number of thiophene rings is 1. The Morgan fingerprint density at radius 3 is 2.81 bits per heavy atom. The Hall–Kier alpha value is -2.02. The number of benzene rings is 1.